The Morgan fingerprint density at radius 3 is 2.24 bits per heavy atom. The molecule has 3 aromatic carbocycles. The van der Waals surface area contributed by atoms with Gasteiger partial charge in [0.05, 0.1) is 12.8 Å². The van der Waals surface area contributed by atoms with Gasteiger partial charge in [0.15, 0.2) is 0 Å². The zero-order valence-electron chi connectivity index (χ0n) is 16.0. The molecular weight excluding hydrogens is 366 g/mol. The summed E-state index contributed by atoms with van der Waals surface area (Å²) in [6, 6.07) is 22.9. The number of nitrogens with one attached hydrogen (secondary N) is 2. The maximum absolute atomic E-state index is 12.3. The Morgan fingerprint density at radius 2 is 1.52 bits per heavy atom. The van der Waals surface area contributed by atoms with E-state index in [0.717, 1.165) is 5.56 Å². The number of hydrazone groups is 1. The first-order valence-corrected chi connectivity index (χ1v) is 9.19. The highest BCUT2D eigenvalue weighted by atomic mass is 16.5. The number of ether oxygens (including phenoxy) is 1. The summed E-state index contributed by atoms with van der Waals surface area (Å²) in [5.74, 6) is 0.142. The molecule has 0 spiro atoms. The molecule has 3 aromatic rings. The lowest BCUT2D eigenvalue weighted by Crippen LogP contribution is -2.18. The van der Waals surface area contributed by atoms with Crippen molar-refractivity contribution in [3.8, 4) is 5.75 Å². The Balaban J connectivity index is 1.59. The number of carbonyl (C=O) groups excluding carboxylic acids is 2. The summed E-state index contributed by atoms with van der Waals surface area (Å²) in [5, 5.41) is 6.79. The van der Waals surface area contributed by atoms with Crippen LogP contribution < -0.4 is 15.5 Å². The second kappa shape index (κ2) is 9.85. The number of nitrogens with zero attached hydrogens (tertiary/aromatic N) is 1. The third kappa shape index (κ3) is 5.52. The lowest BCUT2D eigenvalue weighted by atomic mass is 10.1. The topological polar surface area (TPSA) is 79.8 Å². The van der Waals surface area contributed by atoms with Crippen molar-refractivity contribution in [2.45, 2.75) is 6.92 Å². The van der Waals surface area contributed by atoms with Gasteiger partial charge in [0, 0.05) is 22.4 Å². The van der Waals surface area contributed by atoms with Gasteiger partial charge in [-0.2, -0.15) is 5.10 Å². The number of hydrogen-bond donors (Lipinski definition) is 2. The Kier molecular flexibility index (Phi) is 6.73. The molecule has 0 aliphatic heterocycles. The van der Waals surface area contributed by atoms with E-state index in [-0.39, 0.29) is 11.8 Å². The van der Waals surface area contributed by atoms with Crippen molar-refractivity contribution in [2.75, 3.05) is 11.9 Å². The second-order valence-corrected chi connectivity index (χ2v) is 6.07. The molecule has 29 heavy (non-hydrogen) atoms. The van der Waals surface area contributed by atoms with Gasteiger partial charge in [0.1, 0.15) is 5.75 Å². The van der Waals surface area contributed by atoms with Gasteiger partial charge in [0.25, 0.3) is 11.8 Å². The molecule has 6 nitrogen and oxygen atoms in total. The van der Waals surface area contributed by atoms with E-state index in [4.69, 9.17) is 4.74 Å². The first kappa shape index (κ1) is 19.8. The summed E-state index contributed by atoms with van der Waals surface area (Å²) >= 11 is 0. The molecule has 0 heterocycles. The van der Waals surface area contributed by atoms with E-state index < -0.39 is 0 Å². The van der Waals surface area contributed by atoms with Crippen molar-refractivity contribution in [3.63, 3.8) is 0 Å². The van der Waals surface area contributed by atoms with Crippen LogP contribution in [-0.4, -0.2) is 24.6 Å². The third-order valence-electron chi connectivity index (χ3n) is 4.03. The smallest absolute Gasteiger partial charge is 0.271 e. The number of hydrogen-bond acceptors (Lipinski definition) is 4. The van der Waals surface area contributed by atoms with Crippen LogP contribution in [0, 0.1) is 0 Å². The van der Waals surface area contributed by atoms with Gasteiger partial charge in [-0.3, -0.25) is 9.59 Å². The summed E-state index contributed by atoms with van der Waals surface area (Å²) < 4.78 is 5.52. The highest BCUT2D eigenvalue weighted by molar-refractivity contribution is 6.04. The standard InChI is InChI=1S/C23H21N3O3/c1-2-29-21-11-7-6-10-19(21)16-24-26-23(28)18-12-14-20(15-13-18)25-22(27)17-8-4-3-5-9-17/h3-16H,2H2,1H3,(H,25,27)(H,26,28). The average Bonchev–Trinajstić information content (AvgIpc) is 2.76. The van der Waals surface area contributed by atoms with Crippen LogP contribution in [-0.2, 0) is 0 Å². The molecule has 0 saturated carbocycles. The molecule has 0 radical (unpaired) electrons. The summed E-state index contributed by atoms with van der Waals surface area (Å²) in [6.07, 6.45) is 1.54. The first-order chi connectivity index (χ1) is 14.2. The maximum Gasteiger partial charge on any atom is 0.271 e. The quantitative estimate of drug-likeness (QED) is 0.473. The largest absolute Gasteiger partial charge is 0.493 e. The Hall–Kier alpha value is -3.93. The molecule has 0 atom stereocenters. The van der Waals surface area contributed by atoms with Crippen LogP contribution in [0.25, 0.3) is 0 Å². The summed E-state index contributed by atoms with van der Waals surface area (Å²) in [7, 11) is 0. The second-order valence-electron chi connectivity index (χ2n) is 6.07. The molecular formula is C23H21N3O3. The first-order valence-electron chi connectivity index (χ1n) is 9.19. The van der Waals surface area contributed by atoms with E-state index in [9.17, 15) is 9.59 Å². The van der Waals surface area contributed by atoms with Gasteiger partial charge in [-0.05, 0) is 55.5 Å². The van der Waals surface area contributed by atoms with Crippen molar-refractivity contribution in [3.05, 3.63) is 95.6 Å². The number of anilines is 1. The molecule has 3 rings (SSSR count). The fourth-order valence-corrected chi connectivity index (χ4v) is 2.60. The fourth-order valence-electron chi connectivity index (χ4n) is 2.60. The number of para-hydroxylation sites is 1. The molecule has 2 amide bonds. The number of benzene rings is 3. The number of rotatable bonds is 7. The van der Waals surface area contributed by atoms with E-state index in [1.807, 2.05) is 37.3 Å². The van der Waals surface area contributed by atoms with E-state index in [1.54, 1.807) is 48.5 Å². The van der Waals surface area contributed by atoms with Gasteiger partial charge < -0.3 is 10.1 Å². The minimum atomic E-state index is -0.351. The van der Waals surface area contributed by atoms with Gasteiger partial charge >= 0.3 is 0 Å². The van der Waals surface area contributed by atoms with Crippen LogP contribution in [0.4, 0.5) is 5.69 Å². The van der Waals surface area contributed by atoms with Crippen molar-refractivity contribution < 1.29 is 14.3 Å². The summed E-state index contributed by atoms with van der Waals surface area (Å²) in [5.41, 5.74) is 4.86. The molecule has 0 bridgehead atoms. The minimum Gasteiger partial charge on any atom is -0.493 e. The third-order valence-corrected chi connectivity index (χ3v) is 4.03. The molecule has 0 fully saturated rings. The van der Waals surface area contributed by atoms with Crippen molar-refractivity contribution in [1.29, 1.82) is 0 Å². The van der Waals surface area contributed by atoms with Gasteiger partial charge in [-0.1, -0.05) is 30.3 Å². The van der Waals surface area contributed by atoms with Crippen LogP contribution in [0.15, 0.2) is 84.0 Å². The lowest BCUT2D eigenvalue weighted by molar-refractivity contribution is 0.0954. The van der Waals surface area contributed by atoms with Crippen LogP contribution >= 0.6 is 0 Å². The predicted molar refractivity (Wildman–Crippen MR) is 114 cm³/mol. The Morgan fingerprint density at radius 1 is 0.862 bits per heavy atom. The van der Waals surface area contributed by atoms with Crippen molar-refractivity contribution >= 4 is 23.7 Å². The Labute approximate surface area is 169 Å². The van der Waals surface area contributed by atoms with Crippen molar-refractivity contribution in [2.24, 2.45) is 5.10 Å². The maximum atomic E-state index is 12.3. The average molecular weight is 387 g/mol. The molecule has 146 valence electrons. The van der Waals surface area contributed by atoms with Gasteiger partial charge in [-0.15, -0.1) is 0 Å². The molecule has 0 aliphatic carbocycles. The lowest BCUT2D eigenvalue weighted by Gasteiger charge is -2.07. The molecule has 0 saturated heterocycles. The highest BCUT2D eigenvalue weighted by Gasteiger charge is 2.07. The predicted octanol–water partition coefficient (Wildman–Crippen LogP) is 4.10. The van der Waals surface area contributed by atoms with E-state index in [2.05, 4.69) is 15.8 Å². The van der Waals surface area contributed by atoms with E-state index in [0.29, 0.717) is 29.2 Å². The van der Waals surface area contributed by atoms with Gasteiger partial charge in [-0.25, -0.2) is 5.43 Å². The number of carbonyl (C=O) groups is 2. The van der Waals surface area contributed by atoms with E-state index >= 15 is 0 Å². The van der Waals surface area contributed by atoms with E-state index in [1.165, 1.54) is 6.21 Å². The molecule has 2 N–H and O–H groups in total. The Bertz CT molecular complexity index is 999. The van der Waals surface area contributed by atoms with Crippen molar-refractivity contribution in [1.82, 2.24) is 5.43 Å². The zero-order chi connectivity index (χ0) is 20.5. The van der Waals surface area contributed by atoms with Crippen LogP contribution in [0.3, 0.4) is 0 Å². The molecule has 6 heteroatoms. The van der Waals surface area contributed by atoms with Crippen LogP contribution in [0.5, 0.6) is 5.75 Å². The summed E-state index contributed by atoms with van der Waals surface area (Å²) in [6.45, 7) is 2.45. The minimum absolute atomic E-state index is 0.208. The molecule has 0 unspecified atom stereocenters. The number of amides is 2. The van der Waals surface area contributed by atoms with Gasteiger partial charge in [0.2, 0.25) is 0 Å². The van der Waals surface area contributed by atoms with Crippen LogP contribution in [0.2, 0.25) is 0 Å². The molecule has 0 aromatic heterocycles. The fraction of sp³-hybridized carbons (Fsp3) is 0.0870. The monoisotopic (exact) mass is 387 g/mol. The summed E-state index contributed by atoms with van der Waals surface area (Å²) in [4.78, 5) is 24.4. The normalized spacial score (nSPS) is 10.5. The van der Waals surface area contributed by atoms with Crippen LogP contribution in [0.1, 0.15) is 33.2 Å². The highest BCUT2D eigenvalue weighted by Crippen LogP contribution is 2.15. The molecule has 0 aliphatic rings. The zero-order valence-corrected chi connectivity index (χ0v) is 16.0. The SMILES string of the molecule is CCOc1ccccc1C=NNC(=O)c1ccc(NC(=O)c2ccccc2)cc1.